The maximum absolute atomic E-state index is 3.76. The first-order chi connectivity index (χ1) is 8.11. The van der Waals surface area contributed by atoms with Gasteiger partial charge in [0.1, 0.15) is 0 Å². The van der Waals surface area contributed by atoms with Crippen LogP contribution in [0.1, 0.15) is 59.3 Å². The lowest BCUT2D eigenvalue weighted by Gasteiger charge is -2.42. The van der Waals surface area contributed by atoms with Crippen molar-refractivity contribution in [3.05, 3.63) is 0 Å². The summed E-state index contributed by atoms with van der Waals surface area (Å²) in [7, 11) is 0. The van der Waals surface area contributed by atoms with Gasteiger partial charge in [0.2, 0.25) is 0 Å². The minimum absolute atomic E-state index is 0.444. The van der Waals surface area contributed by atoms with Crippen molar-refractivity contribution in [2.45, 2.75) is 64.8 Å². The molecule has 2 fully saturated rings. The summed E-state index contributed by atoms with van der Waals surface area (Å²) in [5, 5.41) is 3.76. The van der Waals surface area contributed by atoms with Crippen molar-refractivity contribution in [3.8, 4) is 0 Å². The van der Waals surface area contributed by atoms with Crippen LogP contribution < -0.4 is 5.32 Å². The molecule has 0 aliphatic carbocycles. The number of rotatable bonds is 4. The van der Waals surface area contributed by atoms with Crippen molar-refractivity contribution < 1.29 is 0 Å². The molecular formula is C15H30N2. The Hall–Kier alpha value is -0.0800. The van der Waals surface area contributed by atoms with E-state index in [4.69, 9.17) is 0 Å². The lowest BCUT2D eigenvalue weighted by atomic mass is 9.78. The van der Waals surface area contributed by atoms with Crippen molar-refractivity contribution in [2.75, 3.05) is 26.2 Å². The Morgan fingerprint density at radius 3 is 2.24 bits per heavy atom. The molecule has 2 saturated heterocycles. The Kier molecular flexibility index (Phi) is 4.14. The molecule has 17 heavy (non-hydrogen) atoms. The molecule has 0 aromatic rings. The van der Waals surface area contributed by atoms with Crippen LogP contribution in [0.5, 0.6) is 0 Å². The number of hydrogen-bond acceptors (Lipinski definition) is 2. The van der Waals surface area contributed by atoms with Crippen LogP contribution in [0, 0.1) is 5.41 Å². The van der Waals surface area contributed by atoms with E-state index in [0.717, 1.165) is 0 Å². The second-order valence-electron chi connectivity index (χ2n) is 6.60. The molecule has 0 spiro atoms. The second kappa shape index (κ2) is 5.27. The highest BCUT2D eigenvalue weighted by atomic mass is 15.2. The van der Waals surface area contributed by atoms with Gasteiger partial charge < -0.3 is 10.2 Å². The number of piperidine rings is 1. The Morgan fingerprint density at radius 2 is 1.76 bits per heavy atom. The molecule has 0 amide bonds. The molecule has 1 N–H and O–H groups in total. The van der Waals surface area contributed by atoms with Crippen molar-refractivity contribution in [1.82, 2.24) is 10.2 Å². The van der Waals surface area contributed by atoms with Crippen molar-refractivity contribution >= 4 is 0 Å². The molecule has 2 heterocycles. The highest BCUT2D eigenvalue weighted by Crippen LogP contribution is 2.35. The Labute approximate surface area is 107 Å². The van der Waals surface area contributed by atoms with Gasteiger partial charge in [-0.2, -0.15) is 0 Å². The monoisotopic (exact) mass is 238 g/mol. The van der Waals surface area contributed by atoms with Gasteiger partial charge in [0.25, 0.3) is 0 Å². The third-order valence-electron chi connectivity index (χ3n) is 5.45. The summed E-state index contributed by atoms with van der Waals surface area (Å²) in [5.41, 5.74) is 1.07. The third kappa shape index (κ3) is 3.03. The van der Waals surface area contributed by atoms with Crippen molar-refractivity contribution in [2.24, 2.45) is 5.41 Å². The third-order valence-corrected chi connectivity index (χ3v) is 5.45. The predicted octanol–water partition coefficient (Wildman–Crippen LogP) is 3.03. The van der Waals surface area contributed by atoms with Gasteiger partial charge in [-0.1, -0.05) is 27.2 Å². The Morgan fingerprint density at radius 1 is 1.06 bits per heavy atom. The van der Waals surface area contributed by atoms with E-state index in [0.29, 0.717) is 11.0 Å². The first-order valence-corrected chi connectivity index (χ1v) is 7.59. The minimum Gasteiger partial charge on any atom is -0.310 e. The molecule has 0 aromatic heterocycles. The van der Waals surface area contributed by atoms with E-state index in [1.165, 1.54) is 64.7 Å². The molecule has 100 valence electrons. The van der Waals surface area contributed by atoms with Gasteiger partial charge in [-0.3, -0.25) is 0 Å². The predicted molar refractivity (Wildman–Crippen MR) is 74.3 cm³/mol. The summed E-state index contributed by atoms with van der Waals surface area (Å²) in [6, 6.07) is 0. The highest BCUT2D eigenvalue weighted by molar-refractivity contribution is 4.95. The van der Waals surface area contributed by atoms with Crippen molar-refractivity contribution in [3.63, 3.8) is 0 Å². The van der Waals surface area contributed by atoms with Crippen LogP contribution in [-0.2, 0) is 0 Å². The highest BCUT2D eigenvalue weighted by Gasteiger charge is 2.36. The smallest absolute Gasteiger partial charge is 0.0306 e. The van der Waals surface area contributed by atoms with Gasteiger partial charge in [0.15, 0.2) is 0 Å². The zero-order valence-corrected chi connectivity index (χ0v) is 12.0. The molecule has 2 aliphatic heterocycles. The van der Waals surface area contributed by atoms with E-state index in [2.05, 4.69) is 31.0 Å². The molecule has 0 bridgehead atoms. The van der Waals surface area contributed by atoms with Crippen LogP contribution in [-0.4, -0.2) is 36.6 Å². The molecule has 2 heteroatoms. The fourth-order valence-electron chi connectivity index (χ4n) is 3.45. The average molecular weight is 238 g/mol. The summed E-state index contributed by atoms with van der Waals surface area (Å²) in [6.07, 6.45) is 8.17. The summed E-state index contributed by atoms with van der Waals surface area (Å²) >= 11 is 0. The van der Waals surface area contributed by atoms with E-state index < -0.39 is 0 Å². The van der Waals surface area contributed by atoms with E-state index in [1.807, 2.05) is 0 Å². The van der Waals surface area contributed by atoms with Crippen LogP contribution in [0.25, 0.3) is 0 Å². The molecule has 0 saturated carbocycles. The normalized spacial score (nSPS) is 34.1. The summed E-state index contributed by atoms with van der Waals surface area (Å²) < 4.78 is 0. The number of nitrogens with zero attached hydrogens (tertiary/aromatic N) is 1. The van der Waals surface area contributed by atoms with Gasteiger partial charge in [-0.15, -0.1) is 0 Å². The summed E-state index contributed by atoms with van der Waals surface area (Å²) in [6.45, 7) is 12.3. The maximum Gasteiger partial charge on any atom is 0.0306 e. The summed E-state index contributed by atoms with van der Waals surface area (Å²) in [5.74, 6) is 0. The van der Waals surface area contributed by atoms with Gasteiger partial charge in [-0.25, -0.2) is 0 Å². The van der Waals surface area contributed by atoms with Gasteiger partial charge in [-0.05, 0) is 57.2 Å². The Bertz CT molecular complexity index is 235. The number of likely N-dealkylation sites (tertiary alicyclic amines) is 1. The first kappa shape index (κ1) is 13.4. The van der Waals surface area contributed by atoms with Crippen LogP contribution in [0.4, 0.5) is 0 Å². The summed E-state index contributed by atoms with van der Waals surface area (Å²) in [4.78, 5) is 2.71. The van der Waals surface area contributed by atoms with E-state index in [1.54, 1.807) is 0 Å². The topological polar surface area (TPSA) is 15.3 Å². The quantitative estimate of drug-likeness (QED) is 0.810. The first-order valence-electron chi connectivity index (χ1n) is 7.59. The Balaban J connectivity index is 1.85. The van der Waals surface area contributed by atoms with E-state index in [-0.39, 0.29) is 0 Å². The SMILES string of the molecule is CCC1(C)CCN(CC2(CC)CCCN2)CC1. The largest absolute Gasteiger partial charge is 0.310 e. The average Bonchev–Trinajstić information content (AvgIpc) is 2.82. The standard InChI is InChI=1S/C15H30N2/c1-4-14(3)8-11-17(12-9-14)13-15(5-2)7-6-10-16-15/h16H,4-13H2,1-3H3. The second-order valence-corrected chi connectivity index (χ2v) is 6.60. The van der Waals surface area contributed by atoms with Crippen molar-refractivity contribution in [1.29, 1.82) is 0 Å². The van der Waals surface area contributed by atoms with Gasteiger partial charge >= 0.3 is 0 Å². The zero-order valence-electron chi connectivity index (χ0n) is 12.0. The molecule has 2 rings (SSSR count). The molecule has 1 atom stereocenters. The molecule has 2 nitrogen and oxygen atoms in total. The van der Waals surface area contributed by atoms with Gasteiger partial charge in [0.05, 0.1) is 0 Å². The lowest BCUT2D eigenvalue weighted by molar-refractivity contribution is 0.0888. The fraction of sp³-hybridized carbons (Fsp3) is 1.00. The molecule has 1 unspecified atom stereocenters. The molecule has 0 radical (unpaired) electrons. The van der Waals surface area contributed by atoms with Crippen LogP contribution >= 0.6 is 0 Å². The molecule has 0 aromatic carbocycles. The van der Waals surface area contributed by atoms with Crippen LogP contribution in [0.3, 0.4) is 0 Å². The number of hydrogen-bond donors (Lipinski definition) is 1. The van der Waals surface area contributed by atoms with E-state index >= 15 is 0 Å². The zero-order chi connectivity index (χ0) is 12.4. The maximum atomic E-state index is 3.76. The number of nitrogens with one attached hydrogen (secondary N) is 1. The molecular weight excluding hydrogens is 208 g/mol. The van der Waals surface area contributed by atoms with Crippen LogP contribution in [0.15, 0.2) is 0 Å². The molecule has 2 aliphatic rings. The fourth-order valence-corrected chi connectivity index (χ4v) is 3.45. The minimum atomic E-state index is 0.444. The van der Waals surface area contributed by atoms with Gasteiger partial charge in [0, 0.05) is 12.1 Å². The van der Waals surface area contributed by atoms with Crippen LogP contribution in [0.2, 0.25) is 0 Å². The van der Waals surface area contributed by atoms with E-state index in [9.17, 15) is 0 Å². The lowest BCUT2D eigenvalue weighted by Crippen LogP contribution is -2.52.